The third kappa shape index (κ3) is 6.22. The summed E-state index contributed by atoms with van der Waals surface area (Å²) in [5, 5.41) is 14.0. The molecule has 29 heavy (non-hydrogen) atoms. The van der Waals surface area contributed by atoms with E-state index in [0.29, 0.717) is 25.6 Å². The molecule has 6 nitrogen and oxygen atoms in total. The molecule has 2 N–H and O–H groups in total. The summed E-state index contributed by atoms with van der Waals surface area (Å²) in [6, 6.07) is 14.6. The zero-order valence-electron chi connectivity index (χ0n) is 16.7. The van der Waals surface area contributed by atoms with Crippen LogP contribution in [-0.4, -0.2) is 27.4 Å². The second kappa shape index (κ2) is 9.93. The molecule has 0 atom stereocenters. The lowest BCUT2D eigenvalue weighted by Crippen LogP contribution is -2.23. The van der Waals surface area contributed by atoms with E-state index >= 15 is 0 Å². The number of benzene rings is 2. The van der Waals surface area contributed by atoms with Crippen LogP contribution in [0.5, 0.6) is 0 Å². The van der Waals surface area contributed by atoms with Crippen molar-refractivity contribution >= 4 is 5.91 Å². The number of carbonyl (C=O) groups excluding carboxylic acids is 1. The van der Waals surface area contributed by atoms with Crippen LogP contribution >= 0.6 is 0 Å². The van der Waals surface area contributed by atoms with Crippen LogP contribution in [0.25, 0.3) is 0 Å². The summed E-state index contributed by atoms with van der Waals surface area (Å²) in [4.78, 5) is 12.2. The Morgan fingerprint density at radius 1 is 1.03 bits per heavy atom. The number of nitrogens with one attached hydrogen (secondary N) is 2. The zero-order valence-corrected chi connectivity index (χ0v) is 16.7. The van der Waals surface area contributed by atoms with E-state index in [1.165, 1.54) is 23.3 Å². The molecular formula is C22H26FN5O. The highest BCUT2D eigenvalue weighted by molar-refractivity contribution is 5.91. The molecular weight excluding hydrogens is 369 g/mol. The van der Waals surface area contributed by atoms with E-state index in [-0.39, 0.29) is 17.4 Å². The predicted molar refractivity (Wildman–Crippen MR) is 110 cm³/mol. The van der Waals surface area contributed by atoms with Crippen LogP contribution in [0.2, 0.25) is 0 Å². The average molecular weight is 395 g/mol. The van der Waals surface area contributed by atoms with Gasteiger partial charge in [0.25, 0.3) is 5.91 Å². The van der Waals surface area contributed by atoms with Crippen LogP contribution in [0.3, 0.4) is 0 Å². The fourth-order valence-electron chi connectivity index (χ4n) is 2.83. The Balaban J connectivity index is 1.40. The van der Waals surface area contributed by atoms with Gasteiger partial charge < -0.3 is 10.6 Å². The van der Waals surface area contributed by atoms with Gasteiger partial charge in [-0.15, -0.1) is 5.10 Å². The quantitative estimate of drug-likeness (QED) is 0.546. The van der Waals surface area contributed by atoms with Crippen molar-refractivity contribution in [3.63, 3.8) is 0 Å². The van der Waals surface area contributed by atoms with Crippen molar-refractivity contribution in [3.05, 3.63) is 82.9 Å². The van der Waals surface area contributed by atoms with E-state index in [2.05, 4.69) is 59.1 Å². The molecule has 0 aliphatic carbocycles. The Morgan fingerprint density at radius 2 is 1.69 bits per heavy atom. The Morgan fingerprint density at radius 3 is 2.38 bits per heavy atom. The van der Waals surface area contributed by atoms with E-state index in [1.807, 2.05) is 0 Å². The minimum atomic E-state index is -0.307. The standard InChI is InChI=1S/C22H26FN5O/c1-16(2)19-7-3-17(4-8-19)13-24-11-12-28-15-21(26-27-28)22(29)25-14-18-5-9-20(23)10-6-18/h3-10,15-16,24H,11-14H2,1-2H3,(H,25,29). The number of aromatic nitrogens is 3. The molecule has 2 aromatic carbocycles. The molecule has 0 saturated carbocycles. The number of amides is 1. The van der Waals surface area contributed by atoms with Crippen molar-refractivity contribution in [2.24, 2.45) is 0 Å². The monoisotopic (exact) mass is 395 g/mol. The normalized spacial score (nSPS) is 11.0. The van der Waals surface area contributed by atoms with Crippen molar-refractivity contribution in [2.75, 3.05) is 6.54 Å². The molecule has 3 aromatic rings. The number of carbonyl (C=O) groups is 1. The first kappa shape index (κ1) is 20.7. The summed E-state index contributed by atoms with van der Waals surface area (Å²) in [6.07, 6.45) is 1.62. The fraction of sp³-hybridized carbons (Fsp3) is 0.318. The second-order valence-corrected chi connectivity index (χ2v) is 7.25. The third-order valence-corrected chi connectivity index (χ3v) is 4.63. The summed E-state index contributed by atoms with van der Waals surface area (Å²) >= 11 is 0. The Labute approximate surface area is 170 Å². The van der Waals surface area contributed by atoms with Gasteiger partial charge >= 0.3 is 0 Å². The molecule has 0 bridgehead atoms. The van der Waals surface area contributed by atoms with Crippen LogP contribution in [0, 0.1) is 5.82 Å². The smallest absolute Gasteiger partial charge is 0.273 e. The minimum Gasteiger partial charge on any atom is -0.347 e. The molecule has 3 rings (SSSR count). The predicted octanol–water partition coefficient (Wildman–Crippen LogP) is 3.26. The maximum Gasteiger partial charge on any atom is 0.273 e. The maximum atomic E-state index is 12.9. The van der Waals surface area contributed by atoms with Gasteiger partial charge in [0.15, 0.2) is 5.69 Å². The van der Waals surface area contributed by atoms with Gasteiger partial charge in [0.2, 0.25) is 0 Å². The second-order valence-electron chi connectivity index (χ2n) is 7.25. The number of nitrogens with zero attached hydrogens (tertiary/aromatic N) is 3. The molecule has 0 spiro atoms. The Kier molecular flexibility index (Phi) is 7.08. The van der Waals surface area contributed by atoms with Gasteiger partial charge in [0, 0.05) is 19.6 Å². The summed E-state index contributed by atoms with van der Waals surface area (Å²) in [7, 11) is 0. The van der Waals surface area contributed by atoms with Gasteiger partial charge in [-0.3, -0.25) is 9.48 Å². The van der Waals surface area contributed by atoms with E-state index in [1.54, 1.807) is 23.0 Å². The van der Waals surface area contributed by atoms with E-state index in [0.717, 1.165) is 12.1 Å². The molecule has 152 valence electrons. The molecule has 1 heterocycles. The van der Waals surface area contributed by atoms with Crippen LogP contribution < -0.4 is 10.6 Å². The summed E-state index contributed by atoms with van der Waals surface area (Å²) in [6.45, 7) is 6.78. The summed E-state index contributed by atoms with van der Waals surface area (Å²) in [5.41, 5.74) is 3.64. The maximum absolute atomic E-state index is 12.9. The van der Waals surface area contributed by atoms with Gasteiger partial charge in [-0.2, -0.15) is 0 Å². The number of halogens is 1. The Hall–Kier alpha value is -3.06. The third-order valence-electron chi connectivity index (χ3n) is 4.63. The molecule has 0 saturated heterocycles. The zero-order chi connectivity index (χ0) is 20.6. The lowest BCUT2D eigenvalue weighted by molar-refractivity contribution is 0.0946. The van der Waals surface area contributed by atoms with E-state index in [9.17, 15) is 9.18 Å². The summed E-state index contributed by atoms with van der Waals surface area (Å²) < 4.78 is 14.5. The first-order valence-electron chi connectivity index (χ1n) is 9.73. The average Bonchev–Trinajstić information content (AvgIpc) is 3.20. The molecule has 0 aliphatic heterocycles. The van der Waals surface area contributed by atoms with Crippen molar-refractivity contribution < 1.29 is 9.18 Å². The van der Waals surface area contributed by atoms with Gasteiger partial charge in [0.1, 0.15) is 5.82 Å². The topological polar surface area (TPSA) is 71.8 Å². The SMILES string of the molecule is CC(C)c1ccc(CNCCn2cc(C(=O)NCc3ccc(F)cc3)nn2)cc1. The minimum absolute atomic E-state index is 0.261. The lowest BCUT2D eigenvalue weighted by Gasteiger charge is -2.08. The first-order valence-corrected chi connectivity index (χ1v) is 9.73. The van der Waals surface area contributed by atoms with Crippen molar-refractivity contribution in [3.8, 4) is 0 Å². The van der Waals surface area contributed by atoms with E-state index < -0.39 is 0 Å². The lowest BCUT2D eigenvalue weighted by atomic mass is 10.0. The van der Waals surface area contributed by atoms with Crippen molar-refractivity contribution in [1.29, 1.82) is 0 Å². The highest BCUT2D eigenvalue weighted by atomic mass is 19.1. The Bertz CT molecular complexity index is 919. The van der Waals surface area contributed by atoms with Gasteiger partial charge in [0.05, 0.1) is 12.7 Å². The van der Waals surface area contributed by atoms with Crippen LogP contribution in [-0.2, 0) is 19.6 Å². The van der Waals surface area contributed by atoms with Gasteiger partial charge in [-0.1, -0.05) is 55.5 Å². The number of hydrogen-bond donors (Lipinski definition) is 2. The largest absolute Gasteiger partial charge is 0.347 e. The molecule has 0 aliphatic rings. The van der Waals surface area contributed by atoms with E-state index in [4.69, 9.17) is 0 Å². The molecule has 0 unspecified atom stereocenters. The molecule has 1 amide bonds. The molecule has 0 radical (unpaired) electrons. The number of hydrogen-bond acceptors (Lipinski definition) is 4. The number of rotatable bonds is 9. The van der Waals surface area contributed by atoms with Gasteiger partial charge in [-0.05, 0) is 34.7 Å². The van der Waals surface area contributed by atoms with Crippen LogP contribution in [0.1, 0.15) is 46.9 Å². The first-order chi connectivity index (χ1) is 14.0. The van der Waals surface area contributed by atoms with Crippen LogP contribution in [0.4, 0.5) is 4.39 Å². The van der Waals surface area contributed by atoms with Gasteiger partial charge in [-0.25, -0.2) is 4.39 Å². The summed E-state index contributed by atoms with van der Waals surface area (Å²) in [5.74, 6) is -0.0746. The molecule has 0 fully saturated rings. The van der Waals surface area contributed by atoms with Crippen LogP contribution in [0.15, 0.2) is 54.7 Å². The highest BCUT2D eigenvalue weighted by Gasteiger charge is 2.10. The van der Waals surface area contributed by atoms with Crippen molar-refractivity contribution in [1.82, 2.24) is 25.6 Å². The fourth-order valence-corrected chi connectivity index (χ4v) is 2.83. The highest BCUT2D eigenvalue weighted by Crippen LogP contribution is 2.14. The van der Waals surface area contributed by atoms with Crippen molar-refractivity contribution in [2.45, 2.75) is 39.4 Å². The molecule has 7 heteroatoms. The molecule has 1 aromatic heterocycles.